The van der Waals surface area contributed by atoms with Crippen LogP contribution in [0.2, 0.25) is 0 Å². The standard InChI is InChI=1S/C18H31NO2/c1-4-5-10-20-11-12-21-15-18-9-7-6-8-17(18)14-19-13-16(2)3/h6-9,16,19H,4-5,10-15H2,1-3H3. The Morgan fingerprint density at radius 3 is 2.43 bits per heavy atom. The van der Waals surface area contributed by atoms with Gasteiger partial charge in [-0.05, 0) is 30.0 Å². The highest BCUT2D eigenvalue weighted by molar-refractivity contribution is 5.26. The lowest BCUT2D eigenvalue weighted by atomic mass is 10.1. The zero-order chi connectivity index (χ0) is 15.3. The van der Waals surface area contributed by atoms with Crippen LogP contribution in [0.1, 0.15) is 44.7 Å². The van der Waals surface area contributed by atoms with Crippen molar-refractivity contribution in [2.75, 3.05) is 26.4 Å². The molecule has 0 atom stereocenters. The van der Waals surface area contributed by atoms with Crippen molar-refractivity contribution in [3.05, 3.63) is 35.4 Å². The molecule has 21 heavy (non-hydrogen) atoms. The highest BCUT2D eigenvalue weighted by Crippen LogP contribution is 2.10. The van der Waals surface area contributed by atoms with Crippen LogP contribution < -0.4 is 5.32 Å². The summed E-state index contributed by atoms with van der Waals surface area (Å²) in [4.78, 5) is 0. The number of ether oxygens (including phenoxy) is 2. The molecule has 0 radical (unpaired) electrons. The Morgan fingerprint density at radius 2 is 1.71 bits per heavy atom. The zero-order valence-electron chi connectivity index (χ0n) is 13.9. The first-order valence-electron chi connectivity index (χ1n) is 8.17. The molecule has 1 aromatic rings. The molecule has 3 nitrogen and oxygen atoms in total. The summed E-state index contributed by atoms with van der Waals surface area (Å²) in [7, 11) is 0. The topological polar surface area (TPSA) is 30.5 Å². The second kappa shape index (κ2) is 11.7. The average Bonchev–Trinajstić information content (AvgIpc) is 2.47. The van der Waals surface area contributed by atoms with E-state index in [1.807, 2.05) is 0 Å². The lowest BCUT2D eigenvalue weighted by molar-refractivity contribution is 0.0394. The summed E-state index contributed by atoms with van der Waals surface area (Å²) in [5, 5.41) is 3.49. The average molecular weight is 293 g/mol. The third-order valence-corrected chi connectivity index (χ3v) is 3.26. The second-order valence-corrected chi connectivity index (χ2v) is 5.81. The fraction of sp³-hybridized carbons (Fsp3) is 0.667. The number of nitrogens with one attached hydrogen (secondary N) is 1. The van der Waals surface area contributed by atoms with Gasteiger partial charge in [-0.15, -0.1) is 0 Å². The summed E-state index contributed by atoms with van der Waals surface area (Å²) in [5.41, 5.74) is 2.59. The molecule has 0 spiro atoms. The first-order valence-corrected chi connectivity index (χ1v) is 8.17. The minimum atomic E-state index is 0.663. The van der Waals surface area contributed by atoms with E-state index in [4.69, 9.17) is 9.47 Å². The van der Waals surface area contributed by atoms with E-state index in [1.165, 1.54) is 17.5 Å². The zero-order valence-corrected chi connectivity index (χ0v) is 13.9. The van der Waals surface area contributed by atoms with Crippen molar-refractivity contribution in [2.45, 2.75) is 46.8 Å². The molecular formula is C18H31NO2. The maximum atomic E-state index is 5.72. The van der Waals surface area contributed by atoms with Crippen LogP contribution in [0.15, 0.2) is 24.3 Å². The van der Waals surface area contributed by atoms with Gasteiger partial charge in [0.2, 0.25) is 0 Å². The van der Waals surface area contributed by atoms with Gasteiger partial charge in [-0.25, -0.2) is 0 Å². The fourth-order valence-electron chi connectivity index (χ4n) is 2.01. The van der Waals surface area contributed by atoms with Crippen molar-refractivity contribution in [1.29, 1.82) is 0 Å². The number of hydrogen-bond donors (Lipinski definition) is 1. The number of benzene rings is 1. The fourth-order valence-corrected chi connectivity index (χ4v) is 2.01. The van der Waals surface area contributed by atoms with E-state index in [1.54, 1.807) is 0 Å². The Bertz CT molecular complexity index is 366. The van der Waals surface area contributed by atoms with E-state index in [9.17, 15) is 0 Å². The Kier molecular flexibility index (Phi) is 10.1. The molecule has 0 aromatic heterocycles. The minimum absolute atomic E-state index is 0.663. The Hall–Kier alpha value is -0.900. The molecular weight excluding hydrogens is 262 g/mol. The van der Waals surface area contributed by atoms with Gasteiger partial charge >= 0.3 is 0 Å². The molecule has 0 bridgehead atoms. The van der Waals surface area contributed by atoms with Gasteiger partial charge < -0.3 is 14.8 Å². The molecule has 1 aromatic carbocycles. The van der Waals surface area contributed by atoms with Crippen molar-refractivity contribution in [3.8, 4) is 0 Å². The maximum Gasteiger partial charge on any atom is 0.0721 e. The normalized spacial score (nSPS) is 11.2. The van der Waals surface area contributed by atoms with Gasteiger partial charge in [0.05, 0.1) is 19.8 Å². The molecule has 0 saturated heterocycles. The molecule has 0 unspecified atom stereocenters. The van der Waals surface area contributed by atoms with E-state index in [2.05, 4.69) is 50.4 Å². The van der Waals surface area contributed by atoms with Gasteiger partial charge in [0.25, 0.3) is 0 Å². The third-order valence-electron chi connectivity index (χ3n) is 3.26. The molecule has 0 saturated carbocycles. The van der Waals surface area contributed by atoms with Crippen LogP contribution in [0.5, 0.6) is 0 Å². The molecule has 0 aliphatic rings. The summed E-state index contributed by atoms with van der Waals surface area (Å²) < 4.78 is 11.2. The summed E-state index contributed by atoms with van der Waals surface area (Å²) in [5.74, 6) is 0.675. The van der Waals surface area contributed by atoms with E-state index in [-0.39, 0.29) is 0 Å². The van der Waals surface area contributed by atoms with E-state index in [0.29, 0.717) is 25.7 Å². The van der Waals surface area contributed by atoms with Crippen molar-refractivity contribution < 1.29 is 9.47 Å². The first kappa shape index (κ1) is 18.1. The Morgan fingerprint density at radius 1 is 1.00 bits per heavy atom. The number of unbranched alkanes of at least 4 members (excludes halogenated alkanes) is 1. The summed E-state index contributed by atoms with van der Waals surface area (Å²) >= 11 is 0. The van der Waals surface area contributed by atoms with Gasteiger partial charge in [0.15, 0.2) is 0 Å². The Balaban J connectivity index is 2.24. The molecule has 3 heteroatoms. The van der Waals surface area contributed by atoms with Gasteiger partial charge in [0.1, 0.15) is 0 Å². The van der Waals surface area contributed by atoms with Crippen LogP contribution in [0.3, 0.4) is 0 Å². The first-order chi connectivity index (χ1) is 10.2. The van der Waals surface area contributed by atoms with Crippen LogP contribution in [0.4, 0.5) is 0 Å². The van der Waals surface area contributed by atoms with Crippen LogP contribution in [0, 0.1) is 5.92 Å². The largest absolute Gasteiger partial charge is 0.379 e. The predicted molar refractivity (Wildman–Crippen MR) is 88.4 cm³/mol. The van der Waals surface area contributed by atoms with Crippen molar-refractivity contribution >= 4 is 0 Å². The van der Waals surface area contributed by atoms with Crippen LogP contribution in [-0.4, -0.2) is 26.4 Å². The van der Waals surface area contributed by atoms with Crippen LogP contribution in [0.25, 0.3) is 0 Å². The van der Waals surface area contributed by atoms with E-state index < -0.39 is 0 Å². The van der Waals surface area contributed by atoms with E-state index in [0.717, 1.165) is 26.1 Å². The molecule has 0 fully saturated rings. The molecule has 1 rings (SSSR count). The second-order valence-electron chi connectivity index (χ2n) is 5.81. The molecule has 0 aliphatic heterocycles. The molecule has 0 amide bonds. The molecule has 0 aliphatic carbocycles. The van der Waals surface area contributed by atoms with Gasteiger partial charge in [0, 0.05) is 13.2 Å². The van der Waals surface area contributed by atoms with E-state index >= 15 is 0 Å². The smallest absolute Gasteiger partial charge is 0.0721 e. The highest BCUT2D eigenvalue weighted by Gasteiger charge is 2.02. The summed E-state index contributed by atoms with van der Waals surface area (Å²) in [6.07, 6.45) is 2.31. The van der Waals surface area contributed by atoms with Crippen molar-refractivity contribution in [2.24, 2.45) is 5.92 Å². The van der Waals surface area contributed by atoms with Gasteiger partial charge in [-0.1, -0.05) is 51.5 Å². The van der Waals surface area contributed by atoms with Crippen LogP contribution in [-0.2, 0) is 22.6 Å². The molecule has 1 N–H and O–H groups in total. The SMILES string of the molecule is CCCCOCCOCc1ccccc1CNCC(C)C. The van der Waals surface area contributed by atoms with Crippen molar-refractivity contribution in [1.82, 2.24) is 5.32 Å². The minimum Gasteiger partial charge on any atom is -0.379 e. The lowest BCUT2D eigenvalue weighted by Crippen LogP contribution is -2.20. The van der Waals surface area contributed by atoms with Crippen molar-refractivity contribution in [3.63, 3.8) is 0 Å². The third kappa shape index (κ3) is 8.86. The summed E-state index contributed by atoms with van der Waals surface area (Å²) in [6.45, 7) is 11.4. The maximum absolute atomic E-state index is 5.72. The highest BCUT2D eigenvalue weighted by atomic mass is 16.5. The lowest BCUT2D eigenvalue weighted by Gasteiger charge is -2.12. The number of hydrogen-bond acceptors (Lipinski definition) is 3. The monoisotopic (exact) mass is 293 g/mol. The van der Waals surface area contributed by atoms with Gasteiger partial charge in [-0.2, -0.15) is 0 Å². The van der Waals surface area contributed by atoms with Gasteiger partial charge in [-0.3, -0.25) is 0 Å². The summed E-state index contributed by atoms with van der Waals surface area (Å²) in [6, 6.07) is 8.47. The van der Waals surface area contributed by atoms with Crippen LogP contribution >= 0.6 is 0 Å². The predicted octanol–water partition coefficient (Wildman–Crippen LogP) is 3.77. The Labute approximate surface area is 130 Å². The quantitative estimate of drug-likeness (QED) is 0.595. The molecule has 120 valence electrons. The molecule has 0 heterocycles. The number of rotatable bonds is 12.